The molecule has 0 N–H and O–H groups in total. The van der Waals surface area contributed by atoms with E-state index in [1.54, 1.807) is 18.2 Å². The molecule has 0 bridgehead atoms. The fraction of sp³-hybridized carbons (Fsp3) is 0.562. The van der Waals surface area contributed by atoms with Crippen molar-refractivity contribution >= 4 is 15.8 Å². The Morgan fingerprint density at radius 1 is 1.09 bits per heavy atom. The minimum absolute atomic E-state index is 0.0460. The summed E-state index contributed by atoms with van der Waals surface area (Å²) < 4.78 is 26.9. The molecule has 1 heterocycles. The van der Waals surface area contributed by atoms with Gasteiger partial charge in [-0.05, 0) is 39.8 Å². The maximum atomic E-state index is 12.7. The summed E-state index contributed by atoms with van der Waals surface area (Å²) in [7, 11) is -3.53. The number of piperazine rings is 1. The Kier molecular flexibility index (Phi) is 4.75. The first-order valence-corrected chi connectivity index (χ1v) is 8.92. The maximum Gasteiger partial charge on any atom is 0.243 e. The van der Waals surface area contributed by atoms with Crippen LogP contribution in [0.3, 0.4) is 0 Å². The van der Waals surface area contributed by atoms with Gasteiger partial charge in [-0.15, -0.1) is 0 Å². The van der Waals surface area contributed by atoms with Crippen molar-refractivity contribution < 1.29 is 13.2 Å². The van der Waals surface area contributed by atoms with Crippen LogP contribution in [0, 0.1) is 0 Å². The van der Waals surface area contributed by atoms with Crippen molar-refractivity contribution in [3.05, 3.63) is 29.8 Å². The highest BCUT2D eigenvalue weighted by Gasteiger charge is 2.32. The maximum absolute atomic E-state index is 12.7. The molecule has 2 rings (SSSR count). The van der Waals surface area contributed by atoms with Gasteiger partial charge < -0.3 is 0 Å². The van der Waals surface area contributed by atoms with Crippen molar-refractivity contribution in [2.75, 3.05) is 26.2 Å². The van der Waals surface area contributed by atoms with Crippen LogP contribution in [0.15, 0.2) is 29.2 Å². The van der Waals surface area contributed by atoms with Gasteiger partial charge in [0.1, 0.15) is 0 Å². The van der Waals surface area contributed by atoms with Crippen LogP contribution in [0.5, 0.6) is 0 Å². The highest BCUT2D eigenvalue weighted by molar-refractivity contribution is 7.89. The molecule has 1 aliphatic heterocycles. The lowest BCUT2D eigenvalue weighted by atomic mass is 10.1. The minimum atomic E-state index is -3.53. The molecule has 22 heavy (non-hydrogen) atoms. The SMILES string of the molecule is CC(=O)c1cccc(S(=O)(=O)N2CCN(C(C)(C)C)CC2)c1. The first-order valence-electron chi connectivity index (χ1n) is 7.48. The summed E-state index contributed by atoms with van der Waals surface area (Å²) in [4.78, 5) is 13.9. The molecule has 1 aromatic rings. The van der Waals surface area contributed by atoms with Crippen molar-refractivity contribution in [3.8, 4) is 0 Å². The van der Waals surface area contributed by atoms with E-state index in [0.29, 0.717) is 18.7 Å². The Morgan fingerprint density at radius 3 is 2.18 bits per heavy atom. The van der Waals surface area contributed by atoms with Gasteiger partial charge in [-0.3, -0.25) is 9.69 Å². The third-order valence-electron chi connectivity index (χ3n) is 4.07. The number of hydrogen-bond donors (Lipinski definition) is 0. The molecule has 0 saturated carbocycles. The lowest BCUT2D eigenvalue weighted by Crippen LogP contribution is -2.54. The van der Waals surface area contributed by atoms with E-state index < -0.39 is 10.0 Å². The molecule has 122 valence electrons. The quantitative estimate of drug-likeness (QED) is 0.798. The monoisotopic (exact) mass is 324 g/mol. The third kappa shape index (κ3) is 3.56. The third-order valence-corrected chi connectivity index (χ3v) is 5.96. The Morgan fingerprint density at radius 2 is 1.68 bits per heavy atom. The molecule has 6 heteroatoms. The summed E-state index contributed by atoms with van der Waals surface area (Å²) in [6, 6.07) is 6.28. The molecule has 0 amide bonds. The minimum Gasteiger partial charge on any atom is -0.296 e. The van der Waals surface area contributed by atoms with Gasteiger partial charge in [0.25, 0.3) is 0 Å². The number of carbonyl (C=O) groups excluding carboxylic acids is 1. The number of carbonyl (C=O) groups is 1. The number of ketones is 1. The van der Waals surface area contributed by atoms with E-state index in [2.05, 4.69) is 25.7 Å². The summed E-state index contributed by atoms with van der Waals surface area (Å²) in [5.41, 5.74) is 0.471. The first-order chi connectivity index (χ1) is 10.1. The molecule has 0 aliphatic carbocycles. The van der Waals surface area contributed by atoms with E-state index in [1.807, 2.05) is 0 Å². The molecule has 5 nitrogen and oxygen atoms in total. The highest BCUT2D eigenvalue weighted by atomic mass is 32.2. The summed E-state index contributed by atoms with van der Waals surface area (Å²) in [6.45, 7) is 10.2. The van der Waals surface area contributed by atoms with Crippen LogP contribution in [0.25, 0.3) is 0 Å². The van der Waals surface area contributed by atoms with E-state index in [1.165, 1.54) is 17.3 Å². The van der Waals surface area contributed by atoms with Crippen LogP contribution in [0.1, 0.15) is 38.1 Å². The first kappa shape index (κ1) is 17.1. The predicted octanol–water partition coefficient (Wildman–Crippen LogP) is 1.99. The largest absolute Gasteiger partial charge is 0.296 e. The van der Waals surface area contributed by atoms with Gasteiger partial charge in [0.2, 0.25) is 10.0 Å². The highest BCUT2D eigenvalue weighted by Crippen LogP contribution is 2.22. The van der Waals surface area contributed by atoms with E-state index in [-0.39, 0.29) is 16.2 Å². The summed E-state index contributed by atoms with van der Waals surface area (Å²) in [5.74, 6) is -0.130. The van der Waals surface area contributed by atoms with Gasteiger partial charge in [-0.1, -0.05) is 12.1 Å². The number of Topliss-reactive ketones (excluding diaryl/α,β-unsaturated/α-hetero) is 1. The molecule has 1 fully saturated rings. The second kappa shape index (κ2) is 6.10. The zero-order chi connectivity index (χ0) is 16.5. The van der Waals surface area contributed by atoms with E-state index in [0.717, 1.165) is 13.1 Å². The molecule has 0 spiro atoms. The van der Waals surface area contributed by atoms with Crippen molar-refractivity contribution in [2.24, 2.45) is 0 Å². The van der Waals surface area contributed by atoms with Crippen LogP contribution in [-0.4, -0.2) is 55.1 Å². The molecule has 1 aromatic carbocycles. The zero-order valence-electron chi connectivity index (χ0n) is 13.7. The number of benzene rings is 1. The molecule has 0 unspecified atom stereocenters. The van der Waals surface area contributed by atoms with Gasteiger partial charge >= 0.3 is 0 Å². The van der Waals surface area contributed by atoms with Crippen LogP contribution < -0.4 is 0 Å². The van der Waals surface area contributed by atoms with E-state index in [9.17, 15) is 13.2 Å². The van der Waals surface area contributed by atoms with Crippen molar-refractivity contribution in [2.45, 2.75) is 38.1 Å². The van der Waals surface area contributed by atoms with Crippen molar-refractivity contribution in [3.63, 3.8) is 0 Å². The molecular weight excluding hydrogens is 300 g/mol. The Labute approximate surface area is 133 Å². The smallest absolute Gasteiger partial charge is 0.243 e. The zero-order valence-corrected chi connectivity index (χ0v) is 14.5. The topological polar surface area (TPSA) is 57.7 Å². The number of hydrogen-bond acceptors (Lipinski definition) is 4. The van der Waals surface area contributed by atoms with E-state index in [4.69, 9.17) is 0 Å². The van der Waals surface area contributed by atoms with Crippen LogP contribution in [0.4, 0.5) is 0 Å². The number of nitrogens with zero attached hydrogens (tertiary/aromatic N) is 2. The van der Waals surface area contributed by atoms with Crippen LogP contribution >= 0.6 is 0 Å². The number of rotatable bonds is 3. The van der Waals surface area contributed by atoms with Gasteiger partial charge in [0, 0.05) is 37.3 Å². The molecule has 1 saturated heterocycles. The van der Waals surface area contributed by atoms with Crippen LogP contribution in [0.2, 0.25) is 0 Å². The van der Waals surface area contributed by atoms with E-state index >= 15 is 0 Å². The molecule has 1 aliphatic rings. The molecule has 0 aromatic heterocycles. The fourth-order valence-corrected chi connectivity index (χ4v) is 4.09. The Balaban J connectivity index is 2.19. The van der Waals surface area contributed by atoms with Gasteiger partial charge in [-0.2, -0.15) is 4.31 Å². The Hall–Kier alpha value is -1.24. The second-order valence-electron chi connectivity index (χ2n) is 6.65. The summed E-state index contributed by atoms with van der Waals surface area (Å²) in [5, 5.41) is 0. The average molecular weight is 324 g/mol. The molecule has 0 atom stereocenters. The number of sulfonamides is 1. The molecular formula is C16H24N2O3S. The average Bonchev–Trinajstić information content (AvgIpc) is 2.46. The van der Waals surface area contributed by atoms with Crippen molar-refractivity contribution in [1.29, 1.82) is 0 Å². The Bertz CT molecular complexity index is 654. The fourth-order valence-electron chi connectivity index (χ4n) is 2.62. The van der Waals surface area contributed by atoms with Gasteiger partial charge in [-0.25, -0.2) is 8.42 Å². The van der Waals surface area contributed by atoms with Crippen LogP contribution in [-0.2, 0) is 10.0 Å². The van der Waals surface area contributed by atoms with Gasteiger partial charge in [0.15, 0.2) is 5.78 Å². The normalized spacial score (nSPS) is 18.4. The summed E-state index contributed by atoms with van der Waals surface area (Å²) in [6.07, 6.45) is 0. The lowest BCUT2D eigenvalue weighted by molar-refractivity contribution is 0.0921. The lowest BCUT2D eigenvalue weighted by Gasteiger charge is -2.41. The predicted molar refractivity (Wildman–Crippen MR) is 86.5 cm³/mol. The summed E-state index contributed by atoms with van der Waals surface area (Å²) >= 11 is 0. The van der Waals surface area contributed by atoms with Crippen molar-refractivity contribution in [1.82, 2.24) is 9.21 Å². The molecule has 0 radical (unpaired) electrons. The van der Waals surface area contributed by atoms with Gasteiger partial charge in [0.05, 0.1) is 4.90 Å². The standard InChI is InChI=1S/C16H24N2O3S/c1-13(19)14-6-5-7-15(12-14)22(20,21)18-10-8-17(9-11-18)16(2,3)4/h5-7,12H,8-11H2,1-4H3. The second-order valence-corrected chi connectivity index (χ2v) is 8.58.